The van der Waals surface area contributed by atoms with Crippen LogP contribution in [0.2, 0.25) is 0 Å². The Morgan fingerprint density at radius 2 is 2.42 bits per heavy atom. The van der Waals surface area contributed by atoms with Crippen LogP contribution in [0.5, 0.6) is 0 Å². The van der Waals surface area contributed by atoms with E-state index in [2.05, 4.69) is 5.10 Å². The van der Waals surface area contributed by atoms with Gasteiger partial charge in [0.25, 0.3) is 6.43 Å². The second kappa shape index (κ2) is 3.92. The highest BCUT2D eigenvalue weighted by molar-refractivity contribution is 14.1. The first-order valence-electron chi connectivity index (χ1n) is 3.09. The van der Waals surface area contributed by atoms with Crippen LogP contribution < -0.4 is 0 Å². The molecule has 0 unspecified atom stereocenters. The van der Waals surface area contributed by atoms with Crippen molar-refractivity contribution in [1.29, 1.82) is 0 Å². The number of alkyl halides is 2. The van der Waals surface area contributed by atoms with E-state index in [-0.39, 0.29) is 5.69 Å². The van der Waals surface area contributed by atoms with Gasteiger partial charge in [-0.1, -0.05) is 0 Å². The molecule has 3 nitrogen and oxygen atoms in total. The molecule has 1 aromatic heterocycles. The summed E-state index contributed by atoms with van der Waals surface area (Å²) in [6, 6.07) is 0. The molecule has 0 aliphatic carbocycles. The fourth-order valence-electron chi connectivity index (χ4n) is 0.727. The summed E-state index contributed by atoms with van der Waals surface area (Å²) in [6.45, 7) is -0.468. The van der Waals surface area contributed by atoms with E-state index in [0.29, 0.717) is 9.86 Å². The maximum atomic E-state index is 11.8. The molecule has 0 saturated carbocycles. The first kappa shape index (κ1) is 9.56. The Labute approximate surface area is 80.9 Å². The molecule has 1 heterocycles. The Hall–Kier alpha value is -0.530. The number of halogens is 3. The number of carbonyl (C=O) groups is 1. The van der Waals surface area contributed by atoms with E-state index in [4.69, 9.17) is 0 Å². The predicted octanol–water partition coefficient (Wildman–Crippen LogP) is 1.57. The zero-order valence-corrected chi connectivity index (χ0v) is 8.03. The number of hydrogen-bond donors (Lipinski definition) is 0. The quantitative estimate of drug-likeness (QED) is 0.624. The first-order chi connectivity index (χ1) is 5.63. The minimum Gasteiger partial charge on any atom is -0.296 e. The molecule has 0 aliphatic heterocycles. The van der Waals surface area contributed by atoms with Crippen LogP contribution in [0.1, 0.15) is 10.5 Å². The third-order valence-corrected chi connectivity index (χ3v) is 2.01. The van der Waals surface area contributed by atoms with Gasteiger partial charge in [-0.3, -0.25) is 9.48 Å². The smallest absolute Gasteiger partial charge is 0.257 e. The van der Waals surface area contributed by atoms with Crippen LogP contribution in [0, 0.1) is 3.57 Å². The van der Waals surface area contributed by atoms with E-state index in [1.807, 2.05) is 22.6 Å². The number of rotatable bonds is 3. The molecule has 0 N–H and O–H groups in total. The Morgan fingerprint density at radius 3 is 2.83 bits per heavy atom. The molecule has 6 heteroatoms. The summed E-state index contributed by atoms with van der Waals surface area (Å²) < 4.78 is 25.3. The van der Waals surface area contributed by atoms with E-state index in [1.54, 1.807) is 0 Å². The maximum Gasteiger partial charge on any atom is 0.257 e. The average Bonchev–Trinajstić information content (AvgIpc) is 2.29. The van der Waals surface area contributed by atoms with Gasteiger partial charge in [0.2, 0.25) is 0 Å². The fraction of sp³-hybridized carbons (Fsp3) is 0.333. The van der Waals surface area contributed by atoms with Crippen molar-refractivity contribution in [3.05, 3.63) is 15.5 Å². The number of aldehydes is 1. The van der Waals surface area contributed by atoms with Crippen molar-refractivity contribution < 1.29 is 13.6 Å². The van der Waals surface area contributed by atoms with E-state index < -0.39 is 13.0 Å². The molecule has 0 saturated heterocycles. The van der Waals surface area contributed by atoms with Crippen molar-refractivity contribution in [1.82, 2.24) is 9.78 Å². The Bertz CT molecular complexity index is 287. The molecule has 0 atom stereocenters. The summed E-state index contributed by atoms with van der Waals surface area (Å²) in [4.78, 5) is 10.3. The lowest BCUT2D eigenvalue weighted by Gasteiger charge is -1.96. The van der Waals surface area contributed by atoms with Gasteiger partial charge in [-0.05, 0) is 22.6 Å². The van der Waals surface area contributed by atoms with Gasteiger partial charge in [-0.25, -0.2) is 8.78 Å². The molecular weight excluding hydrogens is 281 g/mol. The van der Waals surface area contributed by atoms with Crippen LogP contribution >= 0.6 is 22.6 Å². The third-order valence-electron chi connectivity index (χ3n) is 1.18. The van der Waals surface area contributed by atoms with Gasteiger partial charge in [0, 0.05) is 6.20 Å². The van der Waals surface area contributed by atoms with Crippen LogP contribution in [-0.2, 0) is 6.54 Å². The molecule has 0 bridgehead atoms. The summed E-state index contributed by atoms with van der Waals surface area (Å²) in [5.74, 6) is 0. The number of carbonyl (C=O) groups excluding carboxylic acids is 1. The minimum atomic E-state index is -2.44. The van der Waals surface area contributed by atoms with Gasteiger partial charge < -0.3 is 0 Å². The second-order valence-electron chi connectivity index (χ2n) is 2.09. The van der Waals surface area contributed by atoms with Crippen molar-refractivity contribution in [2.45, 2.75) is 13.0 Å². The molecule has 0 aliphatic rings. The molecule has 1 aromatic rings. The Morgan fingerprint density at radius 1 is 1.75 bits per heavy atom. The van der Waals surface area contributed by atoms with Crippen LogP contribution in [0.3, 0.4) is 0 Å². The van der Waals surface area contributed by atoms with Gasteiger partial charge in [0.15, 0.2) is 6.29 Å². The Kier molecular flexibility index (Phi) is 3.12. The highest BCUT2D eigenvalue weighted by Gasteiger charge is 2.08. The molecule has 0 fully saturated rings. The molecule has 0 amide bonds. The molecule has 66 valence electrons. The van der Waals surface area contributed by atoms with Crippen LogP contribution in [0.25, 0.3) is 0 Å². The summed E-state index contributed by atoms with van der Waals surface area (Å²) in [5.41, 5.74) is 0.205. The summed E-state index contributed by atoms with van der Waals surface area (Å²) >= 11 is 1.87. The zero-order valence-electron chi connectivity index (χ0n) is 5.88. The van der Waals surface area contributed by atoms with Crippen molar-refractivity contribution in [3.63, 3.8) is 0 Å². The molecule has 12 heavy (non-hydrogen) atoms. The molecule has 0 aromatic carbocycles. The van der Waals surface area contributed by atoms with Crippen LogP contribution in [0.4, 0.5) is 8.78 Å². The zero-order chi connectivity index (χ0) is 9.14. The van der Waals surface area contributed by atoms with Gasteiger partial charge in [-0.15, -0.1) is 0 Å². The fourth-order valence-corrected chi connectivity index (χ4v) is 1.28. The lowest BCUT2D eigenvalue weighted by molar-refractivity contribution is 0.110. The van der Waals surface area contributed by atoms with E-state index in [1.165, 1.54) is 6.20 Å². The topological polar surface area (TPSA) is 34.9 Å². The largest absolute Gasteiger partial charge is 0.296 e. The standard InChI is InChI=1S/C6H5F2IN2O/c7-6(8)2-11-1-4(9)5(3-12)10-11/h1,3,6H,2H2. The first-order valence-corrected chi connectivity index (χ1v) is 4.17. The van der Waals surface area contributed by atoms with Crippen molar-refractivity contribution in [2.75, 3.05) is 0 Å². The van der Waals surface area contributed by atoms with Crippen molar-refractivity contribution >= 4 is 28.9 Å². The predicted molar refractivity (Wildman–Crippen MR) is 46.3 cm³/mol. The van der Waals surface area contributed by atoms with Gasteiger partial charge in [0.05, 0.1) is 3.57 Å². The Balaban J connectivity index is 2.82. The lowest BCUT2D eigenvalue weighted by atomic mass is 10.5. The van der Waals surface area contributed by atoms with E-state index >= 15 is 0 Å². The van der Waals surface area contributed by atoms with Crippen LogP contribution in [0.15, 0.2) is 6.20 Å². The van der Waals surface area contributed by atoms with E-state index in [0.717, 1.165) is 4.68 Å². The number of hydrogen-bond acceptors (Lipinski definition) is 2. The lowest BCUT2D eigenvalue weighted by Crippen LogP contribution is -2.07. The SMILES string of the molecule is O=Cc1nn(CC(F)F)cc1I. The minimum absolute atomic E-state index is 0.205. The third kappa shape index (κ3) is 2.23. The number of nitrogens with zero attached hydrogens (tertiary/aromatic N) is 2. The van der Waals surface area contributed by atoms with Crippen LogP contribution in [-0.4, -0.2) is 22.5 Å². The van der Waals surface area contributed by atoms with Gasteiger partial charge in [-0.2, -0.15) is 5.10 Å². The second-order valence-corrected chi connectivity index (χ2v) is 3.26. The van der Waals surface area contributed by atoms with Gasteiger partial charge in [0.1, 0.15) is 12.2 Å². The maximum absolute atomic E-state index is 11.8. The monoisotopic (exact) mass is 286 g/mol. The van der Waals surface area contributed by atoms with Crippen molar-refractivity contribution in [2.24, 2.45) is 0 Å². The average molecular weight is 286 g/mol. The molecule has 1 rings (SSSR count). The van der Waals surface area contributed by atoms with Crippen molar-refractivity contribution in [3.8, 4) is 0 Å². The summed E-state index contributed by atoms with van der Waals surface area (Å²) in [7, 11) is 0. The summed E-state index contributed by atoms with van der Waals surface area (Å²) in [6.07, 6.45) is -0.486. The van der Waals surface area contributed by atoms with Gasteiger partial charge >= 0.3 is 0 Å². The molecule has 0 radical (unpaired) electrons. The van der Waals surface area contributed by atoms with E-state index in [9.17, 15) is 13.6 Å². The summed E-state index contributed by atoms with van der Waals surface area (Å²) in [5, 5.41) is 3.63. The highest BCUT2D eigenvalue weighted by Crippen LogP contribution is 2.08. The normalized spacial score (nSPS) is 10.7. The molecule has 0 spiro atoms. The number of aromatic nitrogens is 2. The molecular formula is C6H5F2IN2O. The highest BCUT2D eigenvalue weighted by atomic mass is 127.